The molecule has 0 radical (unpaired) electrons. The zero-order valence-corrected chi connectivity index (χ0v) is 13.3. The highest BCUT2D eigenvalue weighted by molar-refractivity contribution is 5.66. The molecule has 2 aromatic rings. The van der Waals surface area contributed by atoms with Gasteiger partial charge in [0.25, 0.3) is 0 Å². The monoisotopic (exact) mass is 315 g/mol. The topological polar surface area (TPSA) is 48.8 Å². The van der Waals surface area contributed by atoms with Crippen LogP contribution in [-0.2, 0) is 18.3 Å². The van der Waals surface area contributed by atoms with Crippen LogP contribution in [0.15, 0.2) is 24.4 Å². The quantitative estimate of drug-likeness (QED) is 0.863. The van der Waals surface area contributed by atoms with Gasteiger partial charge in [-0.3, -0.25) is 9.58 Å². The molecule has 0 amide bonds. The average molecular weight is 315 g/mol. The van der Waals surface area contributed by atoms with Gasteiger partial charge in [0, 0.05) is 44.0 Å². The van der Waals surface area contributed by atoms with Crippen LogP contribution in [0, 0.1) is 0 Å². The van der Waals surface area contributed by atoms with Crippen LogP contribution in [0.1, 0.15) is 5.56 Å². The Morgan fingerprint density at radius 1 is 1.04 bits per heavy atom. The summed E-state index contributed by atoms with van der Waals surface area (Å²) in [5.74, 6) is 1.61. The Kier molecular flexibility index (Phi) is 3.93. The van der Waals surface area contributed by atoms with E-state index in [4.69, 9.17) is 14.2 Å². The molecule has 0 saturated carbocycles. The summed E-state index contributed by atoms with van der Waals surface area (Å²) in [6, 6.07) is 6.05. The maximum absolute atomic E-state index is 5.70. The van der Waals surface area contributed by atoms with Gasteiger partial charge in [0.15, 0.2) is 11.5 Å². The molecule has 4 rings (SSSR count). The summed E-state index contributed by atoms with van der Waals surface area (Å²) in [5, 5.41) is 4.66. The normalized spacial score (nSPS) is 18.1. The van der Waals surface area contributed by atoms with Gasteiger partial charge in [-0.2, -0.15) is 5.10 Å². The van der Waals surface area contributed by atoms with Gasteiger partial charge in [-0.1, -0.05) is 0 Å². The molecule has 3 heterocycles. The van der Waals surface area contributed by atoms with Gasteiger partial charge in [-0.25, -0.2) is 0 Å². The van der Waals surface area contributed by atoms with Crippen LogP contribution in [0.3, 0.4) is 0 Å². The van der Waals surface area contributed by atoms with Crippen molar-refractivity contribution >= 4 is 0 Å². The number of benzene rings is 1. The van der Waals surface area contributed by atoms with Gasteiger partial charge in [0.1, 0.15) is 13.2 Å². The molecule has 2 aliphatic rings. The van der Waals surface area contributed by atoms with E-state index in [0.717, 1.165) is 55.6 Å². The molecular formula is C17H21N3O3. The Bertz CT molecular complexity index is 692. The predicted molar refractivity (Wildman–Crippen MR) is 85.7 cm³/mol. The van der Waals surface area contributed by atoms with E-state index in [9.17, 15) is 0 Å². The number of hydrogen-bond acceptors (Lipinski definition) is 5. The van der Waals surface area contributed by atoms with Crippen molar-refractivity contribution in [2.45, 2.75) is 6.54 Å². The van der Waals surface area contributed by atoms with E-state index in [1.807, 2.05) is 23.9 Å². The first-order valence-corrected chi connectivity index (χ1v) is 8.02. The minimum absolute atomic E-state index is 0.597. The van der Waals surface area contributed by atoms with Crippen molar-refractivity contribution in [1.29, 1.82) is 0 Å². The molecule has 122 valence electrons. The minimum Gasteiger partial charge on any atom is -0.486 e. The van der Waals surface area contributed by atoms with Crippen LogP contribution < -0.4 is 9.47 Å². The molecule has 0 unspecified atom stereocenters. The molecule has 0 spiro atoms. The van der Waals surface area contributed by atoms with Crippen molar-refractivity contribution in [2.75, 3.05) is 39.5 Å². The van der Waals surface area contributed by atoms with Crippen molar-refractivity contribution in [1.82, 2.24) is 14.7 Å². The summed E-state index contributed by atoms with van der Waals surface area (Å²) in [4.78, 5) is 2.40. The number of aryl methyl sites for hydroxylation is 1. The number of hydrogen-bond donors (Lipinski definition) is 0. The van der Waals surface area contributed by atoms with Crippen molar-refractivity contribution in [2.24, 2.45) is 7.05 Å². The van der Waals surface area contributed by atoms with Crippen LogP contribution >= 0.6 is 0 Å². The van der Waals surface area contributed by atoms with Crippen LogP contribution in [0.5, 0.6) is 11.5 Å². The van der Waals surface area contributed by atoms with Crippen LogP contribution in [0.4, 0.5) is 0 Å². The lowest BCUT2D eigenvalue weighted by Crippen LogP contribution is -2.35. The first kappa shape index (κ1) is 14.5. The molecule has 1 aromatic heterocycles. The number of morpholine rings is 1. The fourth-order valence-electron chi connectivity index (χ4n) is 3.09. The highest BCUT2D eigenvalue weighted by Gasteiger charge is 2.18. The second kappa shape index (κ2) is 6.22. The van der Waals surface area contributed by atoms with Gasteiger partial charge in [0.05, 0.1) is 18.9 Å². The molecule has 0 aliphatic carbocycles. The third-order valence-corrected chi connectivity index (χ3v) is 4.22. The molecule has 1 fully saturated rings. The SMILES string of the molecule is Cn1cc(CN2CCOCC2)c(-c2ccc3c(c2)OCCO3)n1. The van der Waals surface area contributed by atoms with Gasteiger partial charge >= 0.3 is 0 Å². The summed E-state index contributed by atoms with van der Waals surface area (Å²) >= 11 is 0. The van der Waals surface area contributed by atoms with E-state index < -0.39 is 0 Å². The molecular weight excluding hydrogens is 294 g/mol. The molecule has 6 nitrogen and oxygen atoms in total. The maximum Gasteiger partial charge on any atom is 0.162 e. The number of fused-ring (bicyclic) bond motifs is 1. The Morgan fingerprint density at radius 3 is 2.65 bits per heavy atom. The number of nitrogens with zero attached hydrogens (tertiary/aromatic N) is 3. The third-order valence-electron chi connectivity index (χ3n) is 4.22. The lowest BCUT2D eigenvalue weighted by atomic mass is 10.1. The van der Waals surface area contributed by atoms with Gasteiger partial charge < -0.3 is 14.2 Å². The maximum atomic E-state index is 5.70. The second-order valence-electron chi connectivity index (χ2n) is 5.92. The molecule has 6 heteroatoms. The second-order valence-corrected chi connectivity index (χ2v) is 5.92. The van der Waals surface area contributed by atoms with E-state index in [0.29, 0.717) is 13.2 Å². The van der Waals surface area contributed by atoms with Gasteiger partial charge in [-0.15, -0.1) is 0 Å². The Morgan fingerprint density at radius 2 is 1.83 bits per heavy atom. The predicted octanol–water partition coefficient (Wildman–Crippen LogP) is 1.69. The van der Waals surface area contributed by atoms with E-state index >= 15 is 0 Å². The highest BCUT2D eigenvalue weighted by atomic mass is 16.6. The molecule has 1 aromatic carbocycles. The van der Waals surface area contributed by atoms with Crippen molar-refractivity contribution < 1.29 is 14.2 Å². The Hall–Kier alpha value is -2.05. The lowest BCUT2D eigenvalue weighted by molar-refractivity contribution is 0.0342. The average Bonchev–Trinajstić information content (AvgIpc) is 2.96. The smallest absolute Gasteiger partial charge is 0.162 e. The largest absolute Gasteiger partial charge is 0.486 e. The number of rotatable bonds is 3. The molecule has 0 bridgehead atoms. The molecule has 0 N–H and O–H groups in total. The van der Waals surface area contributed by atoms with Crippen LogP contribution in [0.25, 0.3) is 11.3 Å². The summed E-state index contributed by atoms with van der Waals surface area (Å²) < 4.78 is 18.6. The molecule has 1 saturated heterocycles. The highest BCUT2D eigenvalue weighted by Crippen LogP contribution is 2.35. The fraction of sp³-hybridized carbons (Fsp3) is 0.471. The van der Waals surface area contributed by atoms with E-state index in [1.54, 1.807) is 0 Å². The summed E-state index contributed by atoms with van der Waals surface area (Å²) in [6.07, 6.45) is 2.10. The van der Waals surface area contributed by atoms with E-state index in [-0.39, 0.29) is 0 Å². The van der Waals surface area contributed by atoms with Crippen LogP contribution in [0.2, 0.25) is 0 Å². The van der Waals surface area contributed by atoms with Crippen molar-refractivity contribution in [3.05, 3.63) is 30.0 Å². The first-order valence-electron chi connectivity index (χ1n) is 8.02. The Labute approximate surface area is 135 Å². The summed E-state index contributed by atoms with van der Waals surface area (Å²) in [6.45, 7) is 5.64. The zero-order chi connectivity index (χ0) is 15.6. The van der Waals surface area contributed by atoms with Crippen molar-refractivity contribution in [3.8, 4) is 22.8 Å². The standard InChI is InChI=1S/C17H21N3O3/c1-19-11-14(12-20-4-6-21-7-5-20)17(18-19)13-2-3-15-16(10-13)23-9-8-22-15/h2-3,10-11H,4-9,12H2,1H3. The summed E-state index contributed by atoms with van der Waals surface area (Å²) in [5.41, 5.74) is 3.31. The third kappa shape index (κ3) is 3.04. The van der Waals surface area contributed by atoms with E-state index in [2.05, 4.69) is 22.3 Å². The zero-order valence-electron chi connectivity index (χ0n) is 13.3. The summed E-state index contributed by atoms with van der Waals surface area (Å²) in [7, 11) is 1.96. The minimum atomic E-state index is 0.597. The Balaban J connectivity index is 1.63. The molecule has 0 atom stereocenters. The lowest BCUT2D eigenvalue weighted by Gasteiger charge is -2.26. The number of aromatic nitrogens is 2. The van der Waals surface area contributed by atoms with Crippen LogP contribution in [-0.4, -0.2) is 54.2 Å². The molecule has 23 heavy (non-hydrogen) atoms. The van der Waals surface area contributed by atoms with Gasteiger partial charge in [0.2, 0.25) is 0 Å². The van der Waals surface area contributed by atoms with Crippen molar-refractivity contribution in [3.63, 3.8) is 0 Å². The fourth-order valence-corrected chi connectivity index (χ4v) is 3.09. The number of ether oxygens (including phenoxy) is 3. The van der Waals surface area contributed by atoms with Gasteiger partial charge in [-0.05, 0) is 18.2 Å². The van der Waals surface area contributed by atoms with E-state index in [1.165, 1.54) is 5.56 Å². The first-order chi connectivity index (χ1) is 11.3. The molecule has 2 aliphatic heterocycles.